The van der Waals surface area contributed by atoms with Crippen molar-refractivity contribution in [3.8, 4) is 11.5 Å². The predicted octanol–water partition coefficient (Wildman–Crippen LogP) is 3.20. The van der Waals surface area contributed by atoms with Crippen molar-refractivity contribution >= 4 is 23.9 Å². The third kappa shape index (κ3) is 5.22. The lowest BCUT2D eigenvalue weighted by Gasteiger charge is -2.11. The Morgan fingerprint density at radius 3 is 2.56 bits per heavy atom. The summed E-state index contributed by atoms with van der Waals surface area (Å²) < 4.78 is 10.6. The summed E-state index contributed by atoms with van der Waals surface area (Å²) in [6.07, 6.45) is 8.33. The number of amides is 1. The Hall–Kier alpha value is -3.54. The molecular weight excluding hydrogens is 342 g/mol. The van der Waals surface area contributed by atoms with E-state index in [1.165, 1.54) is 6.08 Å². The molecule has 27 heavy (non-hydrogen) atoms. The van der Waals surface area contributed by atoms with Gasteiger partial charge in [-0.1, -0.05) is 36.4 Å². The van der Waals surface area contributed by atoms with Crippen LogP contribution in [-0.4, -0.2) is 33.0 Å². The number of benzene rings is 2. The number of allylic oxidation sites excluding steroid dienone is 2. The molecule has 0 saturated heterocycles. The van der Waals surface area contributed by atoms with Crippen molar-refractivity contribution in [3.05, 3.63) is 71.8 Å². The fourth-order valence-electron chi connectivity index (χ4n) is 2.39. The highest BCUT2D eigenvalue weighted by atomic mass is 16.7. The van der Waals surface area contributed by atoms with E-state index < -0.39 is 0 Å². The van der Waals surface area contributed by atoms with E-state index >= 15 is 0 Å². The molecule has 0 radical (unpaired) electrons. The van der Waals surface area contributed by atoms with Gasteiger partial charge in [0.25, 0.3) is 5.91 Å². The fourth-order valence-corrected chi connectivity index (χ4v) is 2.39. The molecule has 0 atom stereocenters. The van der Waals surface area contributed by atoms with Crippen molar-refractivity contribution in [1.82, 2.24) is 5.43 Å². The first-order chi connectivity index (χ1) is 13.1. The molecule has 0 aromatic heterocycles. The van der Waals surface area contributed by atoms with Gasteiger partial charge in [-0.2, -0.15) is 5.10 Å². The maximum atomic E-state index is 11.8. The average Bonchev–Trinajstić information content (AvgIpc) is 3.13. The molecule has 0 saturated carbocycles. The maximum Gasteiger partial charge on any atom is 0.264 e. The van der Waals surface area contributed by atoms with Gasteiger partial charge in [-0.3, -0.25) is 4.79 Å². The maximum absolute atomic E-state index is 11.8. The normalized spacial score (nSPS) is 13.0. The standard InChI is InChI=1S/C21H21N3O3/c1-24(2)18-10-7-17(8-11-18)14-22-23-21(25)6-4-3-5-16-9-12-19-20(13-16)27-15-26-19/h3-14H,15H2,1-2H3,(H,23,25)/b5-3+,6-4+,22-14-. The van der Waals surface area contributed by atoms with Crippen LogP contribution in [0.4, 0.5) is 5.69 Å². The Kier molecular flexibility index (Phi) is 5.89. The first kappa shape index (κ1) is 18.3. The second-order valence-corrected chi connectivity index (χ2v) is 6.05. The molecule has 0 spiro atoms. The quantitative estimate of drug-likeness (QED) is 0.371. The number of anilines is 1. The van der Waals surface area contributed by atoms with Crippen LogP contribution in [0.1, 0.15) is 11.1 Å². The highest BCUT2D eigenvalue weighted by Gasteiger charge is 2.11. The van der Waals surface area contributed by atoms with Crippen molar-refractivity contribution < 1.29 is 14.3 Å². The molecule has 2 aromatic carbocycles. The van der Waals surface area contributed by atoms with Crippen LogP contribution in [0.25, 0.3) is 6.08 Å². The van der Waals surface area contributed by atoms with Gasteiger partial charge in [-0.05, 0) is 35.4 Å². The molecule has 2 aromatic rings. The van der Waals surface area contributed by atoms with Gasteiger partial charge >= 0.3 is 0 Å². The number of carbonyl (C=O) groups excluding carboxylic acids is 1. The molecule has 3 rings (SSSR count). The van der Waals surface area contributed by atoms with Crippen molar-refractivity contribution in [2.75, 3.05) is 25.8 Å². The summed E-state index contributed by atoms with van der Waals surface area (Å²) in [6.45, 7) is 0.253. The van der Waals surface area contributed by atoms with Gasteiger partial charge in [0, 0.05) is 25.9 Å². The number of nitrogens with zero attached hydrogens (tertiary/aromatic N) is 2. The van der Waals surface area contributed by atoms with Crippen molar-refractivity contribution in [2.24, 2.45) is 5.10 Å². The summed E-state index contributed by atoms with van der Waals surface area (Å²) >= 11 is 0. The van der Waals surface area contributed by atoms with Crippen LogP contribution in [0.15, 0.2) is 65.8 Å². The molecule has 0 fully saturated rings. The summed E-state index contributed by atoms with van der Waals surface area (Å²) in [5, 5.41) is 3.95. The van der Waals surface area contributed by atoms with Gasteiger partial charge in [0.15, 0.2) is 11.5 Å². The Bertz CT molecular complexity index is 884. The van der Waals surface area contributed by atoms with E-state index in [1.54, 1.807) is 18.4 Å². The molecule has 0 bridgehead atoms. The second-order valence-electron chi connectivity index (χ2n) is 6.05. The van der Waals surface area contributed by atoms with E-state index in [9.17, 15) is 4.79 Å². The number of nitrogens with one attached hydrogen (secondary N) is 1. The Morgan fingerprint density at radius 2 is 1.78 bits per heavy atom. The van der Waals surface area contributed by atoms with Crippen LogP contribution in [0.2, 0.25) is 0 Å². The van der Waals surface area contributed by atoms with Gasteiger partial charge < -0.3 is 14.4 Å². The minimum Gasteiger partial charge on any atom is -0.454 e. The second kappa shape index (κ2) is 8.71. The lowest BCUT2D eigenvalue weighted by Crippen LogP contribution is -2.14. The molecule has 1 aliphatic rings. The monoisotopic (exact) mass is 363 g/mol. The van der Waals surface area contributed by atoms with Crippen LogP contribution >= 0.6 is 0 Å². The first-order valence-corrected chi connectivity index (χ1v) is 8.46. The zero-order valence-corrected chi connectivity index (χ0v) is 15.3. The molecule has 1 aliphatic heterocycles. The topological polar surface area (TPSA) is 63.2 Å². The molecule has 1 amide bonds. The summed E-state index contributed by atoms with van der Waals surface area (Å²) in [4.78, 5) is 13.8. The largest absolute Gasteiger partial charge is 0.454 e. The minimum atomic E-state index is -0.300. The van der Waals surface area contributed by atoms with Gasteiger partial charge in [0.05, 0.1) is 6.21 Å². The smallest absolute Gasteiger partial charge is 0.264 e. The molecule has 0 aliphatic carbocycles. The van der Waals surface area contributed by atoms with Crippen LogP contribution in [0, 0.1) is 0 Å². The van der Waals surface area contributed by atoms with Crippen LogP contribution < -0.4 is 19.8 Å². The van der Waals surface area contributed by atoms with Gasteiger partial charge in [0.2, 0.25) is 6.79 Å². The van der Waals surface area contributed by atoms with Crippen molar-refractivity contribution in [1.29, 1.82) is 0 Å². The van der Waals surface area contributed by atoms with E-state index in [-0.39, 0.29) is 12.7 Å². The minimum absolute atomic E-state index is 0.253. The van der Waals surface area contributed by atoms with E-state index in [0.717, 1.165) is 28.3 Å². The van der Waals surface area contributed by atoms with Crippen LogP contribution in [0.5, 0.6) is 11.5 Å². The highest BCUT2D eigenvalue weighted by Crippen LogP contribution is 2.32. The number of hydrogen-bond acceptors (Lipinski definition) is 5. The van der Waals surface area contributed by atoms with Crippen LogP contribution in [0.3, 0.4) is 0 Å². The number of rotatable bonds is 6. The lowest BCUT2D eigenvalue weighted by atomic mass is 10.2. The third-order valence-corrected chi connectivity index (χ3v) is 3.84. The number of hydrazone groups is 1. The van der Waals surface area contributed by atoms with Gasteiger partial charge in [-0.25, -0.2) is 5.43 Å². The zero-order valence-electron chi connectivity index (χ0n) is 15.3. The summed E-state index contributed by atoms with van der Waals surface area (Å²) in [7, 11) is 3.97. The number of carbonyl (C=O) groups is 1. The molecular formula is C21H21N3O3. The van der Waals surface area contributed by atoms with E-state index in [4.69, 9.17) is 9.47 Å². The lowest BCUT2D eigenvalue weighted by molar-refractivity contribution is -0.116. The van der Waals surface area contributed by atoms with Crippen molar-refractivity contribution in [3.63, 3.8) is 0 Å². The SMILES string of the molecule is CN(C)c1ccc(/C=N\NC(=O)/C=C/C=C/c2ccc3c(c2)OCO3)cc1. The number of hydrogen-bond donors (Lipinski definition) is 1. The fraction of sp³-hybridized carbons (Fsp3) is 0.143. The third-order valence-electron chi connectivity index (χ3n) is 3.84. The molecule has 0 unspecified atom stereocenters. The van der Waals surface area contributed by atoms with Crippen molar-refractivity contribution in [2.45, 2.75) is 0 Å². The van der Waals surface area contributed by atoms with Crippen LogP contribution in [-0.2, 0) is 4.79 Å². The summed E-state index contributed by atoms with van der Waals surface area (Å²) in [6, 6.07) is 13.5. The molecule has 1 N–H and O–H groups in total. The van der Waals surface area contributed by atoms with E-state index in [0.29, 0.717) is 0 Å². The first-order valence-electron chi connectivity index (χ1n) is 8.46. The molecule has 1 heterocycles. The molecule has 138 valence electrons. The Labute approximate surface area is 158 Å². The number of ether oxygens (including phenoxy) is 2. The zero-order chi connectivity index (χ0) is 19.1. The van der Waals surface area contributed by atoms with Gasteiger partial charge in [-0.15, -0.1) is 0 Å². The average molecular weight is 363 g/mol. The summed E-state index contributed by atoms with van der Waals surface area (Å²) in [5.41, 5.74) is 5.44. The molecule has 6 heteroatoms. The highest BCUT2D eigenvalue weighted by molar-refractivity contribution is 5.89. The number of fused-ring (bicyclic) bond motifs is 1. The Morgan fingerprint density at radius 1 is 1.04 bits per heavy atom. The molecule has 6 nitrogen and oxygen atoms in total. The predicted molar refractivity (Wildman–Crippen MR) is 107 cm³/mol. The van der Waals surface area contributed by atoms with E-state index in [2.05, 4.69) is 10.5 Å². The summed E-state index contributed by atoms with van der Waals surface area (Å²) in [5.74, 6) is 1.18. The van der Waals surface area contributed by atoms with Gasteiger partial charge in [0.1, 0.15) is 0 Å². The van der Waals surface area contributed by atoms with E-state index in [1.807, 2.05) is 67.5 Å². The Balaban J connectivity index is 1.47.